The first kappa shape index (κ1) is 15.6. The molecule has 0 saturated carbocycles. The van der Waals surface area contributed by atoms with Crippen molar-refractivity contribution < 1.29 is 14.1 Å². The number of nitrogens with one attached hydrogen (secondary N) is 1. The zero-order chi connectivity index (χ0) is 16.1. The minimum absolute atomic E-state index is 0.00228. The summed E-state index contributed by atoms with van der Waals surface area (Å²) in [7, 11) is 0. The minimum Gasteiger partial charge on any atom is -0.267 e. The van der Waals surface area contributed by atoms with E-state index in [2.05, 4.69) is 10.5 Å². The number of amides is 1. The third kappa shape index (κ3) is 3.64. The highest BCUT2D eigenvalue weighted by molar-refractivity contribution is 6.32. The molecule has 112 valence electrons. The van der Waals surface area contributed by atoms with Gasteiger partial charge in [-0.05, 0) is 18.2 Å². The van der Waals surface area contributed by atoms with Gasteiger partial charge in [-0.25, -0.2) is 9.82 Å². The van der Waals surface area contributed by atoms with Gasteiger partial charge in [0.2, 0.25) is 0 Å². The van der Waals surface area contributed by atoms with Crippen molar-refractivity contribution in [3.8, 4) is 0 Å². The number of hydrogen-bond acceptors (Lipinski definition) is 4. The van der Waals surface area contributed by atoms with Crippen LogP contribution in [0.15, 0.2) is 47.6 Å². The van der Waals surface area contributed by atoms with E-state index in [0.717, 1.165) is 6.07 Å². The molecule has 0 saturated heterocycles. The Hall–Kier alpha value is -2.80. The number of halogens is 2. The lowest BCUT2D eigenvalue weighted by Gasteiger charge is -2.01. The summed E-state index contributed by atoms with van der Waals surface area (Å²) in [6, 6.07) is 9.50. The molecule has 0 aliphatic carbocycles. The van der Waals surface area contributed by atoms with Crippen LogP contribution < -0.4 is 5.43 Å². The highest BCUT2D eigenvalue weighted by Gasteiger charge is 2.12. The van der Waals surface area contributed by atoms with Crippen molar-refractivity contribution in [1.82, 2.24) is 5.43 Å². The smallest absolute Gasteiger partial charge is 0.267 e. The standard InChI is InChI=1S/C14H9ClFN3O3/c15-11-6-5-9(7-13(11)19(21)22)8-17-18-14(20)10-3-1-2-4-12(10)16/h1-8H,(H,18,20)/b17-8-. The summed E-state index contributed by atoms with van der Waals surface area (Å²) in [6.07, 6.45) is 1.20. The van der Waals surface area contributed by atoms with Crippen LogP contribution in [-0.4, -0.2) is 17.0 Å². The molecule has 0 aromatic heterocycles. The van der Waals surface area contributed by atoms with Crippen molar-refractivity contribution >= 4 is 29.4 Å². The number of nitro benzene ring substituents is 1. The Kier molecular flexibility index (Phi) is 4.80. The van der Waals surface area contributed by atoms with E-state index in [1.807, 2.05) is 0 Å². The van der Waals surface area contributed by atoms with Gasteiger partial charge in [-0.15, -0.1) is 0 Å². The number of carbonyl (C=O) groups excluding carboxylic acids is 1. The molecule has 0 radical (unpaired) electrons. The molecular weight excluding hydrogens is 313 g/mol. The van der Waals surface area contributed by atoms with Crippen LogP contribution in [0.25, 0.3) is 0 Å². The number of hydrogen-bond donors (Lipinski definition) is 1. The predicted octanol–water partition coefficient (Wildman–Crippen LogP) is 3.15. The van der Waals surface area contributed by atoms with E-state index in [0.29, 0.717) is 5.56 Å². The third-order valence-electron chi connectivity index (χ3n) is 2.67. The number of nitro groups is 1. The molecule has 0 atom stereocenters. The van der Waals surface area contributed by atoms with Gasteiger partial charge < -0.3 is 0 Å². The monoisotopic (exact) mass is 321 g/mol. The van der Waals surface area contributed by atoms with Gasteiger partial charge in [0.1, 0.15) is 10.8 Å². The second-order valence-corrected chi connectivity index (χ2v) is 4.55. The summed E-state index contributed by atoms with van der Waals surface area (Å²) in [5.41, 5.74) is 2.08. The van der Waals surface area contributed by atoms with Crippen LogP contribution in [0.1, 0.15) is 15.9 Å². The molecular formula is C14H9ClFN3O3. The summed E-state index contributed by atoms with van der Waals surface area (Å²) in [5.74, 6) is -1.39. The fourth-order valence-corrected chi connectivity index (χ4v) is 1.81. The normalized spacial score (nSPS) is 10.6. The molecule has 0 aliphatic heterocycles. The van der Waals surface area contributed by atoms with Crippen molar-refractivity contribution in [2.45, 2.75) is 0 Å². The Morgan fingerprint density at radius 3 is 2.73 bits per heavy atom. The fraction of sp³-hybridized carbons (Fsp3) is 0. The Bertz CT molecular complexity index is 765. The van der Waals surface area contributed by atoms with Crippen LogP contribution in [0.3, 0.4) is 0 Å². The Morgan fingerprint density at radius 2 is 2.05 bits per heavy atom. The van der Waals surface area contributed by atoms with Gasteiger partial charge in [-0.2, -0.15) is 5.10 Å². The van der Waals surface area contributed by atoms with Crippen LogP contribution in [0.5, 0.6) is 0 Å². The molecule has 0 fully saturated rings. The second kappa shape index (κ2) is 6.77. The van der Waals surface area contributed by atoms with Crippen LogP contribution in [0.4, 0.5) is 10.1 Å². The summed E-state index contributed by atoms with van der Waals surface area (Å²) < 4.78 is 13.4. The predicted molar refractivity (Wildman–Crippen MR) is 79.6 cm³/mol. The SMILES string of the molecule is O=C(N/N=C\c1ccc(Cl)c([N+](=O)[O-])c1)c1ccccc1F. The summed E-state index contributed by atoms with van der Waals surface area (Å²) in [4.78, 5) is 21.8. The molecule has 2 rings (SSSR count). The first-order valence-corrected chi connectivity index (χ1v) is 6.38. The minimum atomic E-state index is -0.724. The highest BCUT2D eigenvalue weighted by atomic mass is 35.5. The van der Waals surface area contributed by atoms with Crippen LogP contribution in [0.2, 0.25) is 5.02 Å². The molecule has 2 aromatic rings. The number of rotatable bonds is 4. The molecule has 0 unspecified atom stereocenters. The van der Waals surface area contributed by atoms with Gasteiger partial charge in [0.25, 0.3) is 11.6 Å². The van der Waals surface area contributed by atoms with Gasteiger partial charge in [-0.1, -0.05) is 29.8 Å². The lowest BCUT2D eigenvalue weighted by Crippen LogP contribution is -2.18. The molecule has 0 bridgehead atoms. The van der Waals surface area contributed by atoms with E-state index in [1.54, 1.807) is 0 Å². The number of benzene rings is 2. The lowest BCUT2D eigenvalue weighted by molar-refractivity contribution is -0.384. The van der Waals surface area contributed by atoms with Crippen molar-refractivity contribution in [2.24, 2.45) is 5.10 Å². The first-order valence-electron chi connectivity index (χ1n) is 6.01. The fourth-order valence-electron chi connectivity index (χ4n) is 1.62. The maximum absolute atomic E-state index is 13.4. The number of carbonyl (C=O) groups is 1. The second-order valence-electron chi connectivity index (χ2n) is 4.15. The zero-order valence-electron chi connectivity index (χ0n) is 11.0. The van der Waals surface area contributed by atoms with E-state index in [9.17, 15) is 19.3 Å². The molecule has 2 aromatic carbocycles. The summed E-state index contributed by atoms with van der Waals surface area (Å²) >= 11 is 5.68. The average Bonchev–Trinajstić information content (AvgIpc) is 2.49. The van der Waals surface area contributed by atoms with Gasteiger partial charge in [0, 0.05) is 11.6 Å². The van der Waals surface area contributed by atoms with E-state index >= 15 is 0 Å². The zero-order valence-corrected chi connectivity index (χ0v) is 11.7. The number of nitrogens with zero attached hydrogens (tertiary/aromatic N) is 2. The van der Waals surface area contributed by atoms with Gasteiger partial charge in [0.05, 0.1) is 16.7 Å². The summed E-state index contributed by atoms with van der Waals surface area (Å²) in [6.45, 7) is 0. The van der Waals surface area contributed by atoms with Crippen LogP contribution in [0, 0.1) is 15.9 Å². The van der Waals surface area contributed by atoms with Crippen molar-refractivity contribution in [2.75, 3.05) is 0 Å². The molecule has 22 heavy (non-hydrogen) atoms. The maximum Gasteiger partial charge on any atom is 0.288 e. The average molecular weight is 322 g/mol. The van der Waals surface area contributed by atoms with Crippen molar-refractivity contribution in [1.29, 1.82) is 0 Å². The number of hydrazone groups is 1. The first-order chi connectivity index (χ1) is 10.5. The quantitative estimate of drug-likeness (QED) is 0.533. The van der Waals surface area contributed by atoms with Crippen molar-refractivity contribution in [3.05, 3.63) is 74.5 Å². The molecule has 1 N–H and O–H groups in total. The largest absolute Gasteiger partial charge is 0.288 e. The topological polar surface area (TPSA) is 84.6 Å². The molecule has 6 nitrogen and oxygen atoms in total. The summed E-state index contributed by atoms with van der Waals surface area (Å²) in [5, 5.41) is 14.4. The Morgan fingerprint density at radius 1 is 1.32 bits per heavy atom. The van der Waals surface area contributed by atoms with Crippen LogP contribution >= 0.6 is 11.6 Å². The van der Waals surface area contributed by atoms with Gasteiger partial charge >= 0.3 is 0 Å². The van der Waals surface area contributed by atoms with Gasteiger partial charge in [0.15, 0.2) is 0 Å². The van der Waals surface area contributed by atoms with Crippen LogP contribution in [-0.2, 0) is 0 Å². The molecule has 0 heterocycles. The van der Waals surface area contributed by atoms with Gasteiger partial charge in [-0.3, -0.25) is 14.9 Å². The molecule has 0 aliphatic rings. The van der Waals surface area contributed by atoms with E-state index in [1.165, 1.54) is 42.6 Å². The van der Waals surface area contributed by atoms with E-state index in [4.69, 9.17) is 11.6 Å². The molecule has 0 spiro atoms. The lowest BCUT2D eigenvalue weighted by atomic mass is 10.2. The Labute approximate surface area is 129 Å². The Balaban J connectivity index is 2.10. The third-order valence-corrected chi connectivity index (χ3v) is 2.98. The highest BCUT2D eigenvalue weighted by Crippen LogP contribution is 2.24. The molecule has 1 amide bonds. The maximum atomic E-state index is 13.4. The van der Waals surface area contributed by atoms with E-state index < -0.39 is 16.6 Å². The van der Waals surface area contributed by atoms with Crippen molar-refractivity contribution in [3.63, 3.8) is 0 Å². The van der Waals surface area contributed by atoms with E-state index in [-0.39, 0.29) is 16.3 Å². The molecule has 8 heteroatoms.